The van der Waals surface area contributed by atoms with Crippen LogP contribution in [0.15, 0.2) is 106 Å². The van der Waals surface area contributed by atoms with Crippen LogP contribution in [-0.2, 0) is 16.1 Å². The highest BCUT2D eigenvalue weighted by atomic mass is 127. The van der Waals surface area contributed by atoms with E-state index in [0.717, 1.165) is 9.13 Å². The summed E-state index contributed by atoms with van der Waals surface area (Å²) in [5.41, 5.74) is 3.36. The lowest BCUT2D eigenvalue weighted by atomic mass is 9.93. The van der Waals surface area contributed by atoms with E-state index in [1.165, 1.54) is 35.1 Å². The number of fused-ring (bicyclic) bond motifs is 1. The highest BCUT2D eigenvalue weighted by molar-refractivity contribution is 14.1. The molecule has 5 aromatic rings. The Bertz CT molecular complexity index is 2280. The number of halogens is 2. The Hall–Kier alpha value is -5.06. The summed E-state index contributed by atoms with van der Waals surface area (Å²) < 4.78 is 33.9. The fourth-order valence-corrected chi connectivity index (χ4v) is 7.20. The lowest BCUT2D eigenvalue weighted by Crippen LogP contribution is -2.40. The lowest BCUT2D eigenvalue weighted by Gasteiger charge is -2.25. The van der Waals surface area contributed by atoms with Crippen LogP contribution >= 0.6 is 33.9 Å². The van der Waals surface area contributed by atoms with E-state index in [0.29, 0.717) is 48.8 Å². The molecule has 8 nitrogen and oxygen atoms in total. The van der Waals surface area contributed by atoms with Gasteiger partial charge in [0.2, 0.25) is 0 Å². The van der Waals surface area contributed by atoms with E-state index in [1.54, 1.807) is 43.3 Å². The number of thiazole rings is 1. The number of nitrogens with zero attached hydrogens (tertiary/aromatic N) is 3. The molecule has 0 amide bonds. The number of carbonyl (C=O) groups is 1. The molecule has 0 radical (unpaired) electrons. The topological polar surface area (TPSA) is 103 Å². The smallest absolute Gasteiger partial charge is 0.338 e. The van der Waals surface area contributed by atoms with Crippen molar-refractivity contribution in [2.75, 3.05) is 13.7 Å². The summed E-state index contributed by atoms with van der Waals surface area (Å²) in [4.78, 5) is 33.0. The van der Waals surface area contributed by atoms with Crippen molar-refractivity contribution in [3.05, 3.63) is 153 Å². The molecule has 240 valence electrons. The van der Waals surface area contributed by atoms with Crippen LogP contribution in [0, 0.1) is 20.7 Å². The Kier molecular flexibility index (Phi) is 9.84. The lowest BCUT2D eigenvalue weighted by molar-refractivity contribution is -0.138. The number of esters is 1. The van der Waals surface area contributed by atoms with Gasteiger partial charge in [0.05, 0.1) is 50.8 Å². The maximum Gasteiger partial charge on any atom is 0.338 e. The second-order valence-electron chi connectivity index (χ2n) is 10.6. The molecule has 0 fully saturated rings. The SMILES string of the molecule is CCOC(=O)C1=C(c2ccccc2)N=c2s/c(=C\c3cc(I)c(OCc4ccccc4C#N)c(OC)c3)c(=O)n2[C@@H]1c1ccc(F)cc1. The average molecular weight is 772 g/mol. The number of rotatable bonds is 9. The van der Waals surface area contributed by atoms with Crippen molar-refractivity contribution in [3.63, 3.8) is 0 Å². The zero-order chi connectivity index (χ0) is 33.8. The predicted octanol–water partition coefficient (Wildman–Crippen LogP) is 6.14. The highest BCUT2D eigenvalue weighted by Gasteiger charge is 2.35. The molecule has 6 rings (SSSR count). The minimum absolute atomic E-state index is 0.121. The number of hydrogen-bond donors (Lipinski definition) is 0. The molecule has 48 heavy (non-hydrogen) atoms. The van der Waals surface area contributed by atoms with Gasteiger partial charge in [-0.05, 0) is 77.0 Å². The molecule has 2 heterocycles. The third kappa shape index (κ3) is 6.54. The molecule has 11 heteroatoms. The van der Waals surface area contributed by atoms with Crippen molar-refractivity contribution in [2.24, 2.45) is 4.99 Å². The molecular weight excluding hydrogens is 744 g/mol. The van der Waals surface area contributed by atoms with E-state index in [2.05, 4.69) is 28.7 Å². The van der Waals surface area contributed by atoms with Crippen LogP contribution in [0.4, 0.5) is 4.39 Å². The Morgan fingerprint density at radius 3 is 2.52 bits per heavy atom. The van der Waals surface area contributed by atoms with Gasteiger partial charge in [0.1, 0.15) is 12.4 Å². The van der Waals surface area contributed by atoms with E-state index in [4.69, 9.17) is 19.2 Å². The molecule has 1 aromatic heterocycles. The van der Waals surface area contributed by atoms with Gasteiger partial charge in [-0.25, -0.2) is 14.2 Å². The number of carbonyl (C=O) groups excluding carboxylic acids is 1. The average Bonchev–Trinajstić information content (AvgIpc) is 3.41. The summed E-state index contributed by atoms with van der Waals surface area (Å²) in [6.45, 7) is 2.00. The number of methoxy groups -OCH3 is 1. The van der Waals surface area contributed by atoms with Crippen LogP contribution < -0.4 is 24.4 Å². The van der Waals surface area contributed by atoms with Gasteiger partial charge in [-0.1, -0.05) is 72.0 Å². The summed E-state index contributed by atoms with van der Waals surface area (Å²) in [5.74, 6) is -0.0970. The molecule has 0 unspecified atom stereocenters. The van der Waals surface area contributed by atoms with Gasteiger partial charge >= 0.3 is 5.97 Å². The van der Waals surface area contributed by atoms with Crippen molar-refractivity contribution < 1.29 is 23.4 Å². The maximum atomic E-state index is 14.2. The van der Waals surface area contributed by atoms with Crippen molar-refractivity contribution in [1.82, 2.24) is 4.57 Å². The number of benzene rings is 4. The van der Waals surface area contributed by atoms with Crippen molar-refractivity contribution >= 4 is 51.7 Å². The molecule has 1 atom stereocenters. The molecule has 0 N–H and O–H groups in total. The second-order valence-corrected chi connectivity index (χ2v) is 12.7. The van der Waals surface area contributed by atoms with Gasteiger partial charge in [-0.2, -0.15) is 5.26 Å². The van der Waals surface area contributed by atoms with E-state index < -0.39 is 17.8 Å². The number of aromatic nitrogens is 1. The summed E-state index contributed by atoms with van der Waals surface area (Å²) in [7, 11) is 1.53. The predicted molar refractivity (Wildman–Crippen MR) is 189 cm³/mol. The third-order valence-electron chi connectivity index (χ3n) is 7.62. The fraction of sp³-hybridized carbons (Fsp3) is 0.135. The van der Waals surface area contributed by atoms with Crippen molar-refractivity contribution in [2.45, 2.75) is 19.6 Å². The normalized spacial score (nSPS) is 14.1. The third-order valence-corrected chi connectivity index (χ3v) is 9.40. The first kappa shape index (κ1) is 32.9. The number of hydrogen-bond acceptors (Lipinski definition) is 8. The van der Waals surface area contributed by atoms with E-state index >= 15 is 0 Å². The van der Waals surface area contributed by atoms with Crippen LogP contribution in [0.1, 0.15) is 40.8 Å². The monoisotopic (exact) mass is 771 g/mol. The second kappa shape index (κ2) is 14.4. The van der Waals surface area contributed by atoms with E-state index in [-0.39, 0.29) is 24.3 Å². The Morgan fingerprint density at radius 1 is 1.08 bits per heavy atom. The standard InChI is InChI=1S/C37H27FIN3O5S/c1-3-46-36(44)31-32(23-9-5-4-6-10-23)41-37-42(33(31)24-13-15-27(38)16-14-24)35(43)30(48-37)19-22-17-28(39)34(29(18-22)45-2)47-21-26-12-8-7-11-25(26)20-40/h4-19,33H,3,21H2,1-2H3/b30-19-/t33-/m1/s1. The van der Waals surface area contributed by atoms with Crippen LogP contribution in [0.25, 0.3) is 11.8 Å². The van der Waals surface area contributed by atoms with Crippen LogP contribution in [0.2, 0.25) is 0 Å². The number of nitriles is 1. The van der Waals surface area contributed by atoms with E-state index in [9.17, 15) is 19.2 Å². The summed E-state index contributed by atoms with van der Waals surface area (Å²) in [6, 6.07) is 27.0. The first-order valence-corrected chi connectivity index (χ1v) is 16.7. The Labute approximate surface area is 292 Å². The minimum Gasteiger partial charge on any atom is -0.493 e. The molecule has 1 aliphatic heterocycles. The zero-order valence-corrected chi connectivity index (χ0v) is 28.8. The zero-order valence-electron chi connectivity index (χ0n) is 25.8. The minimum atomic E-state index is -0.917. The molecule has 4 aromatic carbocycles. The van der Waals surface area contributed by atoms with Gasteiger partial charge in [-0.15, -0.1) is 0 Å². The van der Waals surface area contributed by atoms with Crippen molar-refractivity contribution in [1.29, 1.82) is 5.26 Å². The molecule has 0 bridgehead atoms. The Morgan fingerprint density at radius 2 is 1.81 bits per heavy atom. The molecule has 1 aliphatic rings. The van der Waals surface area contributed by atoms with Crippen LogP contribution in [0.3, 0.4) is 0 Å². The van der Waals surface area contributed by atoms with Gasteiger partial charge in [-0.3, -0.25) is 9.36 Å². The number of ether oxygens (including phenoxy) is 3. The van der Waals surface area contributed by atoms with Gasteiger partial charge in [0.25, 0.3) is 5.56 Å². The fourth-order valence-electron chi connectivity index (χ4n) is 5.42. The highest BCUT2D eigenvalue weighted by Crippen LogP contribution is 2.36. The molecule has 0 saturated carbocycles. The van der Waals surface area contributed by atoms with Crippen LogP contribution in [0.5, 0.6) is 11.5 Å². The summed E-state index contributed by atoms with van der Waals surface area (Å²) >= 11 is 3.33. The first-order valence-electron chi connectivity index (χ1n) is 14.8. The van der Waals surface area contributed by atoms with Gasteiger partial charge in [0.15, 0.2) is 16.3 Å². The molecule has 0 saturated heterocycles. The molecule has 0 aliphatic carbocycles. The summed E-state index contributed by atoms with van der Waals surface area (Å²) in [5, 5.41) is 9.45. The van der Waals surface area contributed by atoms with Crippen molar-refractivity contribution in [3.8, 4) is 17.6 Å². The van der Waals surface area contributed by atoms with Gasteiger partial charge in [0, 0.05) is 11.1 Å². The van der Waals surface area contributed by atoms with Gasteiger partial charge < -0.3 is 14.2 Å². The maximum absolute atomic E-state index is 14.2. The quantitative estimate of drug-likeness (QED) is 0.132. The largest absolute Gasteiger partial charge is 0.493 e. The van der Waals surface area contributed by atoms with E-state index in [1.807, 2.05) is 48.5 Å². The molecular formula is C37H27FIN3O5S. The molecule has 0 spiro atoms. The van der Waals surface area contributed by atoms with Crippen LogP contribution in [-0.4, -0.2) is 24.3 Å². The Balaban J connectivity index is 1.49. The first-order chi connectivity index (χ1) is 23.3. The summed E-state index contributed by atoms with van der Waals surface area (Å²) in [6.07, 6.45) is 1.74.